The van der Waals surface area contributed by atoms with Gasteiger partial charge in [0.15, 0.2) is 0 Å². The van der Waals surface area contributed by atoms with Crippen LogP contribution >= 0.6 is 0 Å². The summed E-state index contributed by atoms with van der Waals surface area (Å²) in [6, 6.07) is 0. The highest BCUT2D eigenvalue weighted by molar-refractivity contribution is 4.65. The van der Waals surface area contributed by atoms with Gasteiger partial charge in [-0.1, -0.05) is 6.92 Å². The van der Waals surface area contributed by atoms with E-state index in [4.69, 9.17) is 5.11 Å². The maximum Gasteiger partial charge on any atom is 0.401 e. The van der Waals surface area contributed by atoms with Crippen molar-refractivity contribution < 1.29 is 18.3 Å². The molecule has 1 N–H and O–H groups in total. The highest BCUT2D eigenvalue weighted by Gasteiger charge is 2.30. The van der Waals surface area contributed by atoms with Crippen LogP contribution < -0.4 is 0 Å². The SMILES string of the molecule is CCCN(C[C@H](C)O)CC(F)(F)F. The number of hydrogen-bond donors (Lipinski definition) is 1. The minimum absolute atomic E-state index is 0.0767. The lowest BCUT2D eigenvalue weighted by Gasteiger charge is -2.24. The molecule has 0 bridgehead atoms. The van der Waals surface area contributed by atoms with Gasteiger partial charge in [0, 0.05) is 6.54 Å². The lowest BCUT2D eigenvalue weighted by Crippen LogP contribution is -2.38. The van der Waals surface area contributed by atoms with E-state index in [9.17, 15) is 13.2 Å². The van der Waals surface area contributed by atoms with Crippen LogP contribution in [0.4, 0.5) is 13.2 Å². The largest absolute Gasteiger partial charge is 0.401 e. The Kier molecular flexibility index (Phi) is 5.32. The van der Waals surface area contributed by atoms with Gasteiger partial charge in [-0.05, 0) is 19.9 Å². The number of aliphatic hydroxyl groups excluding tert-OH is 1. The third-order valence-corrected chi connectivity index (χ3v) is 1.47. The first-order valence-corrected chi connectivity index (χ1v) is 4.32. The molecular weight excluding hydrogens is 183 g/mol. The van der Waals surface area contributed by atoms with Crippen LogP contribution in [0.2, 0.25) is 0 Å². The first-order valence-electron chi connectivity index (χ1n) is 4.32. The second-order valence-corrected chi connectivity index (χ2v) is 3.20. The molecule has 0 heterocycles. The molecule has 0 unspecified atom stereocenters. The molecule has 80 valence electrons. The Morgan fingerprint density at radius 1 is 1.38 bits per heavy atom. The van der Waals surface area contributed by atoms with Crippen LogP contribution in [0.25, 0.3) is 0 Å². The summed E-state index contributed by atoms with van der Waals surface area (Å²) in [4.78, 5) is 1.21. The van der Waals surface area contributed by atoms with E-state index in [2.05, 4.69) is 0 Å². The summed E-state index contributed by atoms with van der Waals surface area (Å²) >= 11 is 0. The standard InChI is InChI=1S/C8H16F3NO/c1-3-4-12(5-7(2)13)6-8(9,10)11/h7,13H,3-6H2,1-2H3/t7-/m0/s1. The minimum atomic E-state index is -4.18. The van der Waals surface area contributed by atoms with E-state index in [1.54, 1.807) is 0 Å². The molecule has 2 nitrogen and oxygen atoms in total. The molecule has 0 aromatic heterocycles. The highest BCUT2D eigenvalue weighted by atomic mass is 19.4. The summed E-state index contributed by atoms with van der Waals surface area (Å²) in [5.41, 5.74) is 0. The van der Waals surface area contributed by atoms with Gasteiger partial charge in [-0.25, -0.2) is 0 Å². The Morgan fingerprint density at radius 2 is 1.92 bits per heavy atom. The number of halogens is 3. The quantitative estimate of drug-likeness (QED) is 0.727. The van der Waals surface area contributed by atoms with Gasteiger partial charge in [0.1, 0.15) is 0 Å². The van der Waals surface area contributed by atoms with Crippen molar-refractivity contribution in [2.75, 3.05) is 19.6 Å². The van der Waals surface area contributed by atoms with E-state index in [1.807, 2.05) is 6.92 Å². The summed E-state index contributed by atoms with van der Waals surface area (Å²) in [7, 11) is 0. The van der Waals surface area contributed by atoms with Crippen molar-refractivity contribution in [1.82, 2.24) is 4.90 Å². The third kappa shape index (κ3) is 8.05. The van der Waals surface area contributed by atoms with Gasteiger partial charge in [0.05, 0.1) is 12.6 Å². The Labute approximate surface area is 76.3 Å². The normalized spacial score (nSPS) is 15.0. The zero-order valence-electron chi connectivity index (χ0n) is 7.93. The van der Waals surface area contributed by atoms with Gasteiger partial charge in [-0.3, -0.25) is 4.90 Å². The molecule has 0 spiro atoms. The molecule has 0 aliphatic heterocycles. The molecule has 0 saturated carbocycles. The molecule has 0 radical (unpaired) electrons. The molecule has 0 saturated heterocycles. The number of nitrogens with zero attached hydrogens (tertiary/aromatic N) is 1. The van der Waals surface area contributed by atoms with Crippen LogP contribution in [0.5, 0.6) is 0 Å². The summed E-state index contributed by atoms with van der Waals surface area (Å²) in [6.07, 6.45) is -4.23. The van der Waals surface area contributed by atoms with Gasteiger partial charge in [0.2, 0.25) is 0 Å². The molecule has 0 amide bonds. The van der Waals surface area contributed by atoms with Crippen molar-refractivity contribution in [2.24, 2.45) is 0 Å². The van der Waals surface area contributed by atoms with Gasteiger partial charge in [-0.15, -0.1) is 0 Å². The van der Waals surface area contributed by atoms with Gasteiger partial charge in [-0.2, -0.15) is 13.2 Å². The average molecular weight is 199 g/mol. The van der Waals surface area contributed by atoms with Crippen LogP contribution in [0.15, 0.2) is 0 Å². The minimum Gasteiger partial charge on any atom is -0.392 e. The monoisotopic (exact) mass is 199 g/mol. The molecule has 0 aromatic carbocycles. The molecule has 0 aliphatic rings. The molecule has 5 heteroatoms. The van der Waals surface area contributed by atoms with Crippen LogP contribution in [0.3, 0.4) is 0 Å². The lowest BCUT2D eigenvalue weighted by atomic mass is 10.3. The summed E-state index contributed by atoms with van der Waals surface area (Å²) in [6.45, 7) is 2.80. The average Bonchev–Trinajstić information content (AvgIpc) is 1.81. The fraction of sp³-hybridized carbons (Fsp3) is 1.00. The van der Waals surface area contributed by atoms with Crippen LogP contribution in [-0.4, -0.2) is 41.9 Å². The highest BCUT2D eigenvalue weighted by Crippen LogP contribution is 2.16. The van der Waals surface area contributed by atoms with Crippen molar-refractivity contribution in [2.45, 2.75) is 32.5 Å². The van der Waals surface area contributed by atoms with Crippen molar-refractivity contribution in [3.63, 3.8) is 0 Å². The smallest absolute Gasteiger partial charge is 0.392 e. The van der Waals surface area contributed by atoms with E-state index in [1.165, 1.54) is 11.8 Å². The summed E-state index contributed by atoms with van der Waals surface area (Å²) in [5, 5.41) is 8.94. The first-order chi connectivity index (χ1) is 5.85. The summed E-state index contributed by atoms with van der Waals surface area (Å²) in [5.74, 6) is 0. The number of rotatable bonds is 5. The van der Waals surface area contributed by atoms with E-state index in [0.29, 0.717) is 13.0 Å². The second-order valence-electron chi connectivity index (χ2n) is 3.20. The fourth-order valence-electron chi connectivity index (χ4n) is 1.18. The zero-order valence-corrected chi connectivity index (χ0v) is 7.93. The van der Waals surface area contributed by atoms with E-state index < -0.39 is 18.8 Å². The third-order valence-electron chi connectivity index (χ3n) is 1.47. The molecular formula is C8H16F3NO. The van der Waals surface area contributed by atoms with Crippen molar-refractivity contribution in [3.05, 3.63) is 0 Å². The Balaban J connectivity index is 3.94. The number of aliphatic hydroxyl groups is 1. The predicted molar refractivity (Wildman–Crippen MR) is 44.5 cm³/mol. The Hall–Kier alpha value is -0.290. The van der Waals surface area contributed by atoms with Crippen molar-refractivity contribution in [3.8, 4) is 0 Å². The molecule has 0 aromatic rings. The molecule has 0 aliphatic carbocycles. The molecule has 13 heavy (non-hydrogen) atoms. The van der Waals surface area contributed by atoms with E-state index in [0.717, 1.165) is 0 Å². The molecule has 1 atom stereocenters. The maximum atomic E-state index is 12.0. The van der Waals surface area contributed by atoms with Gasteiger partial charge < -0.3 is 5.11 Å². The first kappa shape index (κ1) is 12.7. The van der Waals surface area contributed by atoms with Crippen molar-refractivity contribution in [1.29, 1.82) is 0 Å². The molecule has 0 fully saturated rings. The zero-order chi connectivity index (χ0) is 10.5. The lowest BCUT2D eigenvalue weighted by molar-refractivity contribution is -0.148. The van der Waals surface area contributed by atoms with Crippen LogP contribution in [-0.2, 0) is 0 Å². The van der Waals surface area contributed by atoms with Crippen LogP contribution in [0.1, 0.15) is 20.3 Å². The number of alkyl halides is 3. The van der Waals surface area contributed by atoms with Crippen molar-refractivity contribution >= 4 is 0 Å². The van der Waals surface area contributed by atoms with E-state index in [-0.39, 0.29) is 6.54 Å². The fourth-order valence-corrected chi connectivity index (χ4v) is 1.18. The summed E-state index contributed by atoms with van der Waals surface area (Å²) < 4.78 is 35.9. The van der Waals surface area contributed by atoms with Gasteiger partial charge >= 0.3 is 6.18 Å². The van der Waals surface area contributed by atoms with Crippen LogP contribution in [0, 0.1) is 0 Å². The second kappa shape index (κ2) is 5.44. The molecule has 0 rings (SSSR count). The Bertz CT molecular complexity index is 136. The Morgan fingerprint density at radius 3 is 2.23 bits per heavy atom. The van der Waals surface area contributed by atoms with Gasteiger partial charge in [0.25, 0.3) is 0 Å². The number of hydrogen-bond acceptors (Lipinski definition) is 2. The predicted octanol–water partition coefficient (Wildman–Crippen LogP) is 1.64. The topological polar surface area (TPSA) is 23.5 Å². The maximum absolute atomic E-state index is 12.0. The van der Waals surface area contributed by atoms with E-state index >= 15 is 0 Å².